The highest BCUT2D eigenvalue weighted by Gasteiger charge is 2.07. The molecule has 0 saturated carbocycles. The van der Waals surface area contributed by atoms with Crippen molar-refractivity contribution in [3.8, 4) is 0 Å². The molecule has 78 valence electrons. The maximum absolute atomic E-state index is 4.56. The van der Waals surface area contributed by atoms with Gasteiger partial charge in [0.25, 0.3) is 0 Å². The van der Waals surface area contributed by atoms with Gasteiger partial charge in [0, 0.05) is 17.8 Å². The molecule has 0 aliphatic carbocycles. The van der Waals surface area contributed by atoms with E-state index in [1.54, 1.807) is 0 Å². The number of hydrogen-bond donors (Lipinski definition) is 0. The Balaban J connectivity index is 3.04. The van der Waals surface area contributed by atoms with Crippen LogP contribution >= 0.6 is 0 Å². The van der Waals surface area contributed by atoms with Crippen molar-refractivity contribution < 1.29 is 0 Å². The summed E-state index contributed by atoms with van der Waals surface area (Å²) in [5.74, 6) is 1.54. The number of aryl methyl sites for hydroxylation is 2. The first-order valence-electron chi connectivity index (χ1n) is 5.57. The molecule has 0 aliphatic heterocycles. The van der Waals surface area contributed by atoms with Gasteiger partial charge in [-0.3, -0.25) is 0 Å². The summed E-state index contributed by atoms with van der Waals surface area (Å²) in [7, 11) is 0. The maximum Gasteiger partial charge on any atom is 0.128 e. The van der Waals surface area contributed by atoms with E-state index in [4.69, 9.17) is 0 Å². The summed E-state index contributed by atoms with van der Waals surface area (Å²) in [6.45, 7) is 8.67. The third kappa shape index (κ3) is 2.53. The minimum Gasteiger partial charge on any atom is -0.238 e. The van der Waals surface area contributed by atoms with Crippen LogP contribution in [0.15, 0.2) is 6.07 Å². The highest BCUT2D eigenvalue weighted by atomic mass is 14.9. The van der Waals surface area contributed by atoms with E-state index in [1.165, 1.54) is 11.4 Å². The summed E-state index contributed by atoms with van der Waals surface area (Å²) in [4.78, 5) is 9.04. The van der Waals surface area contributed by atoms with E-state index in [1.807, 2.05) is 0 Å². The topological polar surface area (TPSA) is 25.8 Å². The fourth-order valence-corrected chi connectivity index (χ4v) is 1.38. The highest BCUT2D eigenvalue weighted by Crippen LogP contribution is 2.17. The Hall–Kier alpha value is -0.920. The zero-order valence-corrected chi connectivity index (χ0v) is 9.67. The van der Waals surface area contributed by atoms with E-state index in [2.05, 4.69) is 43.7 Å². The fraction of sp³-hybridized carbons (Fsp3) is 0.667. The molecule has 1 rings (SSSR count). The quantitative estimate of drug-likeness (QED) is 0.732. The standard InChI is InChI=1S/C12H20N2/c1-5-9(4)11-8-10(6-2)13-12(7-3)14-11/h8-9H,5-7H2,1-4H3. The minimum atomic E-state index is 0.550. The van der Waals surface area contributed by atoms with Gasteiger partial charge in [0.05, 0.1) is 0 Å². The molecular weight excluding hydrogens is 172 g/mol. The average Bonchev–Trinajstić information content (AvgIpc) is 2.27. The van der Waals surface area contributed by atoms with E-state index in [0.717, 1.165) is 25.1 Å². The lowest BCUT2D eigenvalue weighted by Gasteiger charge is -2.10. The zero-order chi connectivity index (χ0) is 10.6. The van der Waals surface area contributed by atoms with Crippen LogP contribution in [-0.2, 0) is 12.8 Å². The Bertz CT molecular complexity index is 272. The number of hydrogen-bond acceptors (Lipinski definition) is 2. The SMILES string of the molecule is CCc1cc(C(C)CC)nc(CC)n1. The Morgan fingerprint density at radius 1 is 1.14 bits per heavy atom. The molecule has 1 unspecified atom stereocenters. The Labute approximate surface area is 86.8 Å². The van der Waals surface area contributed by atoms with Crippen molar-refractivity contribution in [3.05, 3.63) is 23.3 Å². The Morgan fingerprint density at radius 2 is 1.86 bits per heavy atom. The van der Waals surface area contributed by atoms with Gasteiger partial charge in [0.1, 0.15) is 5.82 Å². The van der Waals surface area contributed by atoms with Gasteiger partial charge >= 0.3 is 0 Å². The summed E-state index contributed by atoms with van der Waals surface area (Å²) >= 11 is 0. The number of nitrogens with zero attached hydrogens (tertiary/aromatic N) is 2. The molecule has 1 aromatic heterocycles. The van der Waals surface area contributed by atoms with Gasteiger partial charge in [0.15, 0.2) is 0 Å². The highest BCUT2D eigenvalue weighted by molar-refractivity contribution is 5.14. The number of rotatable bonds is 4. The van der Waals surface area contributed by atoms with E-state index in [0.29, 0.717) is 5.92 Å². The summed E-state index contributed by atoms with van der Waals surface area (Å²) in [6, 6.07) is 2.15. The lowest BCUT2D eigenvalue weighted by molar-refractivity contribution is 0.689. The Morgan fingerprint density at radius 3 is 2.36 bits per heavy atom. The molecule has 0 aliphatic rings. The van der Waals surface area contributed by atoms with Crippen LogP contribution < -0.4 is 0 Å². The normalized spacial score (nSPS) is 12.9. The predicted molar refractivity (Wildman–Crippen MR) is 59.5 cm³/mol. The van der Waals surface area contributed by atoms with Gasteiger partial charge in [0.2, 0.25) is 0 Å². The summed E-state index contributed by atoms with van der Waals surface area (Å²) in [5.41, 5.74) is 2.38. The third-order valence-corrected chi connectivity index (χ3v) is 2.64. The molecule has 1 aromatic rings. The van der Waals surface area contributed by atoms with Crippen LogP contribution in [0.4, 0.5) is 0 Å². The van der Waals surface area contributed by atoms with Crippen molar-refractivity contribution in [2.75, 3.05) is 0 Å². The molecule has 0 aromatic carbocycles. The van der Waals surface area contributed by atoms with Gasteiger partial charge < -0.3 is 0 Å². The zero-order valence-electron chi connectivity index (χ0n) is 9.67. The van der Waals surface area contributed by atoms with E-state index >= 15 is 0 Å². The number of aromatic nitrogens is 2. The van der Waals surface area contributed by atoms with Crippen LogP contribution in [0.3, 0.4) is 0 Å². The summed E-state index contributed by atoms with van der Waals surface area (Å²) < 4.78 is 0. The molecule has 0 radical (unpaired) electrons. The van der Waals surface area contributed by atoms with Crippen LogP contribution in [0, 0.1) is 0 Å². The second kappa shape index (κ2) is 5.08. The van der Waals surface area contributed by atoms with Crippen molar-refractivity contribution in [2.45, 2.75) is 52.9 Å². The molecule has 1 heterocycles. The van der Waals surface area contributed by atoms with Crippen molar-refractivity contribution in [2.24, 2.45) is 0 Å². The molecular formula is C12H20N2. The first kappa shape index (κ1) is 11.2. The van der Waals surface area contributed by atoms with Crippen LogP contribution in [0.1, 0.15) is 57.2 Å². The molecule has 2 heteroatoms. The van der Waals surface area contributed by atoms with Gasteiger partial charge in [-0.1, -0.05) is 27.7 Å². The first-order chi connectivity index (χ1) is 6.71. The molecule has 0 fully saturated rings. The molecule has 2 nitrogen and oxygen atoms in total. The van der Waals surface area contributed by atoms with Crippen molar-refractivity contribution in [1.82, 2.24) is 9.97 Å². The van der Waals surface area contributed by atoms with Crippen LogP contribution in [0.25, 0.3) is 0 Å². The molecule has 0 spiro atoms. The third-order valence-electron chi connectivity index (χ3n) is 2.64. The second-order valence-corrected chi connectivity index (χ2v) is 3.72. The maximum atomic E-state index is 4.56. The molecule has 14 heavy (non-hydrogen) atoms. The summed E-state index contributed by atoms with van der Waals surface area (Å²) in [6.07, 6.45) is 3.07. The van der Waals surface area contributed by atoms with E-state index in [9.17, 15) is 0 Å². The lowest BCUT2D eigenvalue weighted by Crippen LogP contribution is -2.04. The van der Waals surface area contributed by atoms with Crippen LogP contribution in [0.2, 0.25) is 0 Å². The van der Waals surface area contributed by atoms with Crippen LogP contribution in [-0.4, -0.2) is 9.97 Å². The van der Waals surface area contributed by atoms with Gasteiger partial charge in [-0.25, -0.2) is 9.97 Å². The Kier molecular flexibility index (Phi) is 4.05. The van der Waals surface area contributed by atoms with Crippen molar-refractivity contribution in [3.63, 3.8) is 0 Å². The largest absolute Gasteiger partial charge is 0.238 e. The fourth-order valence-electron chi connectivity index (χ4n) is 1.38. The van der Waals surface area contributed by atoms with Crippen LogP contribution in [0.5, 0.6) is 0 Å². The molecule has 1 atom stereocenters. The second-order valence-electron chi connectivity index (χ2n) is 3.72. The lowest BCUT2D eigenvalue weighted by atomic mass is 10.0. The van der Waals surface area contributed by atoms with Crippen molar-refractivity contribution >= 4 is 0 Å². The minimum absolute atomic E-state index is 0.550. The predicted octanol–water partition coefficient (Wildman–Crippen LogP) is 3.11. The first-order valence-corrected chi connectivity index (χ1v) is 5.57. The molecule has 0 amide bonds. The van der Waals surface area contributed by atoms with Gasteiger partial charge in [-0.15, -0.1) is 0 Å². The smallest absolute Gasteiger partial charge is 0.128 e. The van der Waals surface area contributed by atoms with E-state index < -0.39 is 0 Å². The molecule has 0 N–H and O–H groups in total. The van der Waals surface area contributed by atoms with Gasteiger partial charge in [-0.05, 0) is 24.8 Å². The van der Waals surface area contributed by atoms with Crippen molar-refractivity contribution in [1.29, 1.82) is 0 Å². The monoisotopic (exact) mass is 192 g/mol. The van der Waals surface area contributed by atoms with Gasteiger partial charge in [-0.2, -0.15) is 0 Å². The average molecular weight is 192 g/mol. The summed E-state index contributed by atoms with van der Waals surface area (Å²) in [5, 5.41) is 0. The van der Waals surface area contributed by atoms with E-state index in [-0.39, 0.29) is 0 Å². The molecule has 0 bridgehead atoms. The molecule has 0 saturated heterocycles.